The highest BCUT2D eigenvalue weighted by atomic mass is 32.1. The molecule has 0 aliphatic carbocycles. The van der Waals surface area contributed by atoms with Crippen molar-refractivity contribution < 1.29 is 0 Å². The molecule has 0 radical (unpaired) electrons. The molecule has 0 unspecified atom stereocenters. The van der Waals surface area contributed by atoms with E-state index in [-0.39, 0.29) is 0 Å². The summed E-state index contributed by atoms with van der Waals surface area (Å²) in [5, 5.41) is 0.592. The molecule has 0 fully saturated rings. The van der Waals surface area contributed by atoms with E-state index < -0.39 is 0 Å². The van der Waals surface area contributed by atoms with E-state index in [4.69, 9.17) is 5.73 Å². The largest absolute Gasteiger partial charge is 0.375 e. The van der Waals surface area contributed by atoms with Gasteiger partial charge in [0.05, 0.1) is 16.8 Å². The fraction of sp³-hybridized carbons (Fsp3) is 0.250. The molecule has 2 heterocycles. The van der Waals surface area contributed by atoms with Crippen LogP contribution in [0.3, 0.4) is 0 Å². The van der Waals surface area contributed by atoms with E-state index in [2.05, 4.69) is 9.97 Å². The zero-order valence-corrected chi connectivity index (χ0v) is 8.30. The van der Waals surface area contributed by atoms with E-state index in [0.29, 0.717) is 5.13 Å². The first-order valence-electron chi connectivity index (χ1n) is 3.88. The Bertz CT molecular complexity index is 429. The highest BCUT2D eigenvalue weighted by Gasteiger charge is 2.07. The molecule has 68 valence electrons. The topological polar surface area (TPSA) is 56.7 Å². The smallest absolute Gasteiger partial charge is 0.180 e. The summed E-state index contributed by atoms with van der Waals surface area (Å²) in [6.45, 7) is 1.97. The van der Waals surface area contributed by atoms with Crippen LogP contribution in [0.25, 0.3) is 10.6 Å². The van der Waals surface area contributed by atoms with E-state index in [9.17, 15) is 0 Å². The van der Waals surface area contributed by atoms with Gasteiger partial charge in [0, 0.05) is 13.2 Å². The van der Waals surface area contributed by atoms with Crippen LogP contribution in [0.2, 0.25) is 0 Å². The van der Waals surface area contributed by atoms with Gasteiger partial charge in [0.15, 0.2) is 5.13 Å². The SMILES string of the molecule is Cc1ncc(-c2cnc(N)s2)n1C. The van der Waals surface area contributed by atoms with Crippen LogP contribution in [-0.2, 0) is 7.05 Å². The highest BCUT2D eigenvalue weighted by Crippen LogP contribution is 2.26. The van der Waals surface area contributed by atoms with Gasteiger partial charge in [-0.15, -0.1) is 0 Å². The van der Waals surface area contributed by atoms with E-state index in [1.807, 2.05) is 24.7 Å². The van der Waals surface area contributed by atoms with Gasteiger partial charge < -0.3 is 10.3 Å². The maximum Gasteiger partial charge on any atom is 0.180 e. The number of hydrogen-bond donors (Lipinski definition) is 1. The molecule has 0 saturated heterocycles. The number of rotatable bonds is 1. The standard InChI is InChI=1S/C8H10N4S/c1-5-10-3-6(12(5)2)7-4-11-8(9)13-7/h3-4H,1-2H3,(H2,9,11). The van der Waals surface area contributed by atoms with Crippen molar-refractivity contribution in [3.63, 3.8) is 0 Å². The summed E-state index contributed by atoms with van der Waals surface area (Å²) < 4.78 is 2.02. The Morgan fingerprint density at radius 2 is 2.15 bits per heavy atom. The third-order valence-corrected chi connectivity index (χ3v) is 2.85. The van der Waals surface area contributed by atoms with Gasteiger partial charge in [0.2, 0.25) is 0 Å². The van der Waals surface area contributed by atoms with Crippen LogP contribution in [0.15, 0.2) is 12.4 Å². The highest BCUT2D eigenvalue weighted by molar-refractivity contribution is 7.18. The number of aryl methyl sites for hydroxylation is 1. The molecule has 2 N–H and O–H groups in total. The van der Waals surface area contributed by atoms with Gasteiger partial charge in [-0.2, -0.15) is 0 Å². The number of aromatic nitrogens is 3. The summed E-state index contributed by atoms with van der Waals surface area (Å²) in [6, 6.07) is 0. The monoisotopic (exact) mass is 194 g/mol. The van der Waals surface area contributed by atoms with Gasteiger partial charge >= 0.3 is 0 Å². The molecule has 0 spiro atoms. The Morgan fingerprint density at radius 1 is 1.38 bits per heavy atom. The Morgan fingerprint density at radius 3 is 2.62 bits per heavy atom. The summed E-state index contributed by atoms with van der Waals surface area (Å²) in [4.78, 5) is 9.26. The fourth-order valence-electron chi connectivity index (χ4n) is 1.14. The number of thiazole rings is 1. The summed E-state index contributed by atoms with van der Waals surface area (Å²) in [6.07, 6.45) is 3.61. The third kappa shape index (κ3) is 1.31. The van der Waals surface area contributed by atoms with Crippen LogP contribution >= 0.6 is 11.3 Å². The summed E-state index contributed by atoms with van der Waals surface area (Å²) in [7, 11) is 1.98. The molecule has 0 bridgehead atoms. The van der Waals surface area contributed by atoms with Crippen molar-refractivity contribution in [3.8, 4) is 10.6 Å². The maximum atomic E-state index is 5.55. The lowest BCUT2D eigenvalue weighted by molar-refractivity contribution is 0.866. The molecule has 0 aliphatic heterocycles. The molecule has 4 nitrogen and oxygen atoms in total. The van der Waals surface area contributed by atoms with Crippen LogP contribution in [0.5, 0.6) is 0 Å². The number of hydrogen-bond acceptors (Lipinski definition) is 4. The zero-order chi connectivity index (χ0) is 9.42. The van der Waals surface area contributed by atoms with Crippen molar-refractivity contribution in [2.24, 2.45) is 7.05 Å². The van der Waals surface area contributed by atoms with Crippen LogP contribution in [0.1, 0.15) is 5.82 Å². The van der Waals surface area contributed by atoms with E-state index in [0.717, 1.165) is 16.4 Å². The predicted molar refractivity (Wildman–Crippen MR) is 53.5 cm³/mol. The molecule has 0 atom stereocenters. The van der Waals surface area contributed by atoms with E-state index in [1.54, 1.807) is 6.20 Å². The summed E-state index contributed by atoms with van der Waals surface area (Å²) in [5.41, 5.74) is 6.61. The van der Waals surface area contributed by atoms with Gasteiger partial charge in [-0.25, -0.2) is 9.97 Å². The van der Waals surface area contributed by atoms with Crippen molar-refractivity contribution >= 4 is 16.5 Å². The lowest BCUT2D eigenvalue weighted by atomic mass is 10.4. The summed E-state index contributed by atoms with van der Waals surface area (Å²) >= 11 is 1.47. The molecule has 0 amide bonds. The fourth-order valence-corrected chi connectivity index (χ4v) is 1.87. The average Bonchev–Trinajstić information content (AvgIpc) is 2.62. The quantitative estimate of drug-likeness (QED) is 0.747. The molecular weight excluding hydrogens is 184 g/mol. The Balaban J connectivity index is 2.52. The Hall–Kier alpha value is -1.36. The molecule has 13 heavy (non-hydrogen) atoms. The first-order chi connectivity index (χ1) is 6.18. The number of nitrogen functional groups attached to an aromatic ring is 1. The zero-order valence-electron chi connectivity index (χ0n) is 7.48. The predicted octanol–water partition coefficient (Wildman–Crippen LogP) is 1.43. The number of nitrogens with zero attached hydrogens (tertiary/aromatic N) is 3. The number of nitrogens with two attached hydrogens (primary N) is 1. The molecule has 5 heteroatoms. The lowest BCUT2D eigenvalue weighted by Crippen LogP contribution is -1.92. The second kappa shape index (κ2) is 2.85. The second-order valence-corrected chi connectivity index (χ2v) is 3.87. The minimum Gasteiger partial charge on any atom is -0.375 e. The maximum absolute atomic E-state index is 5.55. The number of anilines is 1. The van der Waals surface area contributed by atoms with Gasteiger partial charge in [0.1, 0.15) is 5.82 Å². The second-order valence-electron chi connectivity index (χ2n) is 2.81. The van der Waals surface area contributed by atoms with Crippen LogP contribution in [0, 0.1) is 6.92 Å². The Labute approximate surface area is 80.1 Å². The van der Waals surface area contributed by atoms with Crippen LogP contribution in [-0.4, -0.2) is 14.5 Å². The Kier molecular flexibility index (Phi) is 1.81. The molecule has 0 aromatic carbocycles. The summed E-state index contributed by atoms with van der Waals surface area (Å²) in [5.74, 6) is 0.988. The van der Waals surface area contributed by atoms with Gasteiger partial charge in [-0.1, -0.05) is 11.3 Å². The first kappa shape index (κ1) is 8.25. The molecule has 2 rings (SSSR count). The number of imidazole rings is 1. The minimum atomic E-state index is 0.592. The minimum absolute atomic E-state index is 0.592. The van der Waals surface area contributed by atoms with E-state index in [1.165, 1.54) is 11.3 Å². The normalized spacial score (nSPS) is 10.6. The molecule has 0 aliphatic rings. The van der Waals surface area contributed by atoms with Crippen molar-refractivity contribution in [1.29, 1.82) is 0 Å². The van der Waals surface area contributed by atoms with Crippen LogP contribution < -0.4 is 5.73 Å². The first-order valence-corrected chi connectivity index (χ1v) is 4.70. The van der Waals surface area contributed by atoms with Crippen molar-refractivity contribution in [2.75, 3.05) is 5.73 Å². The molecule has 2 aromatic rings. The van der Waals surface area contributed by atoms with Gasteiger partial charge in [-0.05, 0) is 6.92 Å². The van der Waals surface area contributed by atoms with Crippen molar-refractivity contribution in [2.45, 2.75) is 6.92 Å². The molecule has 0 saturated carbocycles. The average molecular weight is 194 g/mol. The lowest BCUT2D eigenvalue weighted by Gasteiger charge is -1.98. The molecule has 2 aromatic heterocycles. The van der Waals surface area contributed by atoms with Gasteiger partial charge in [-0.3, -0.25) is 0 Å². The molecular formula is C8H10N4S. The van der Waals surface area contributed by atoms with E-state index >= 15 is 0 Å². The van der Waals surface area contributed by atoms with Gasteiger partial charge in [0.25, 0.3) is 0 Å². The third-order valence-electron chi connectivity index (χ3n) is 2.00. The van der Waals surface area contributed by atoms with Crippen LogP contribution in [0.4, 0.5) is 5.13 Å². The van der Waals surface area contributed by atoms with Crippen molar-refractivity contribution in [3.05, 3.63) is 18.2 Å². The van der Waals surface area contributed by atoms with Crippen molar-refractivity contribution in [1.82, 2.24) is 14.5 Å².